The molecule has 0 spiro atoms. The molecule has 4 heteroatoms. The van der Waals surface area contributed by atoms with E-state index in [2.05, 4.69) is 46.7 Å². The lowest BCUT2D eigenvalue weighted by atomic mass is 10.1. The monoisotopic (exact) mass is 337 g/mol. The van der Waals surface area contributed by atoms with E-state index >= 15 is 0 Å². The summed E-state index contributed by atoms with van der Waals surface area (Å²) in [5, 5.41) is 6.34. The van der Waals surface area contributed by atoms with Gasteiger partial charge in [-0.25, -0.2) is 0 Å². The zero-order valence-electron chi connectivity index (χ0n) is 14.9. The van der Waals surface area contributed by atoms with Gasteiger partial charge >= 0.3 is 0 Å². The first kappa shape index (κ1) is 17.5. The summed E-state index contributed by atoms with van der Waals surface area (Å²) in [7, 11) is 0. The molecule has 2 aromatic carbocycles. The minimum atomic E-state index is -0.0584. The van der Waals surface area contributed by atoms with Gasteiger partial charge in [0.25, 0.3) is 5.91 Å². The van der Waals surface area contributed by atoms with Crippen molar-refractivity contribution >= 4 is 17.3 Å². The van der Waals surface area contributed by atoms with E-state index in [1.165, 1.54) is 24.1 Å². The number of aryl methyl sites for hydroxylation is 1. The van der Waals surface area contributed by atoms with Crippen molar-refractivity contribution in [2.24, 2.45) is 0 Å². The van der Waals surface area contributed by atoms with Crippen LogP contribution in [0.1, 0.15) is 35.7 Å². The molecule has 0 aromatic heterocycles. The van der Waals surface area contributed by atoms with Gasteiger partial charge in [0, 0.05) is 43.1 Å². The second-order valence-electron chi connectivity index (χ2n) is 6.54. The maximum Gasteiger partial charge on any atom is 0.255 e. The minimum Gasteiger partial charge on any atom is -0.369 e. The van der Waals surface area contributed by atoms with Crippen LogP contribution in [0, 0.1) is 0 Å². The number of carbonyl (C=O) groups excluding carboxylic acids is 1. The van der Waals surface area contributed by atoms with E-state index in [-0.39, 0.29) is 5.91 Å². The number of anilines is 2. The smallest absolute Gasteiger partial charge is 0.255 e. The van der Waals surface area contributed by atoms with Gasteiger partial charge in [0.1, 0.15) is 0 Å². The summed E-state index contributed by atoms with van der Waals surface area (Å²) in [5.41, 5.74) is 4.03. The fraction of sp³-hybridized carbons (Fsp3) is 0.381. The average Bonchev–Trinajstić information content (AvgIpc) is 2.68. The van der Waals surface area contributed by atoms with Crippen molar-refractivity contribution in [1.82, 2.24) is 5.32 Å². The molecule has 1 saturated heterocycles. The molecule has 3 rings (SSSR count). The normalized spacial score (nSPS) is 14.4. The van der Waals surface area contributed by atoms with E-state index in [9.17, 15) is 4.79 Å². The Morgan fingerprint density at radius 1 is 1.04 bits per heavy atom. The summed E-state index contributed by atoms with van der Waals surface area (Å²) in [6, 6.07) is 16.0. The van der Waals surface area contributed by atoms with Crippen molar-refractivity contribution in [1.29, 1.82) is 0 Å². The molecular weight excluding hydrogens is 310 g/mol. The second-order valence-corrected chi connectivity index (χ2v) is 6.54. The minimum absolute atomic E-state index is 0.0584. The summed E-state index contributed by atoms with van der Waals surface area (Å²) >= 11 is 0. The molecule has 4 nitrogen and oxygen atoms in total. The van der Waals surface area contributed by atoms with Crippen LogP contribution in [0.25, 0.3) is 0 Å². The van der Waals surface area contributed by atoms with Crippen molar-refractivity contribution in [3.8, 4) is 0 Å². The molecule has 1 aliphatic rings. The van der Waals surface area contributed by atoms with Crippen molar-refractivity contribution in [3.63, 3.8) is 0 Å². The third kappa shape index (κ3) is 4.83. The van der Waals surface area contributed by atoms with Gasteiger partial charge in [-0.2, -0.15) is 0 Å². The molecule has 0 bridgehead atoms. The number of nitrogens with one attached hydrogen (secondary N) is 2. The molecule has 1 amide bonds. The molecule has 0 aliphatic carbocycles. The Kier molecular flexibility index (Phi) is 6.07. The number of hydrogen-bond donors (Lipinski definition) is 2. The van der Waals surface area contributed by atoms with Crippen LogP contribution in [-0.2, 0) is 6.42 Å². The van der Waals surface area contributed by atoms with E-state index in [0.29, 0.717) is 5.56 Å². The van der Waals surface area contributed by atoms with Crippen LogP contribution in [0.4, 0.5) is 11.4 Å². The van der Waals surface area contributed by atoms with E-state index < -0.39 is 0 Å². The van der Waals surface area contributed by atoms with Crippen LogP contribution in [-0.4, -0.2) is 32.1 Å². The van der Waals surface area contributed by atoms with Crippen LogP contribution >= 0.6 is 0 Å². The number of piperazine rings is 1. The molecule has 25 heavy (non-hydrogen) atoms. The van der Waals surface area contributed by atoms with Crippen LogP contribution in [0.3, 0.4) is 0 Å². The molecule has 0 radical (unpaired) electrons. The fourth-order valence-corrected chi connectivity index (χ4v) is 3.09. The summed E-state index contributed by atoms with van der Waals surface area (Å²) in [4.78, 5) is 14.8. The van der Waals surface area contributed by atoms with Gasteiger partial charge in [-0.1, -0.05) is 25.5 Å². The lowest BCUT2D eigenvalue weighted by Gasteiger charge is -2.29. The highest BCUT2D eigenvalue weighted by Gasteiger charge is 2.11. The molecule has 0 saturated carbocycles. The van der Waals surface area contributed by atoms with E-state index in [1.54, 1.807) is 0 Å². The maximum atomic E-state index is 12.4. The Balaban J connectivity index is 1.58. The van der Waals surface area contributed by atoms with Crippen molar-refractivity contribution in [2.45, 2.75) is 26.2 Å². The maximum absolute atomic E-state index is 12.4. The standard InChI is InChI=1S/C21H27N3O/c1-2-3-4-17-5-7-18(8-6-17)21(25)23-19-9-11-20(12-10-19)24-15-13-22-14-16-24/h5-12,22H,2-4,13-16H2,1H3,(H,23,25). The van der Waals surface area contributed by atoms with E-state index in [0.717, 1.165) is 38.3 Å². The SMILES string of the molecule is CCCCc1ccc(C(=O)Nc2ccc(N3CCNCC3)cc2)cc1. The Morgan fingerprint density at radius 3 is 2.36 bits per heavy atom. The zero-order valence-corrected chi connectivity index (χ0v) is 14.9. The van der Waals surface area contributed by atoms with Crippen LogP contribution in [0.5, 0.6) is 0 Å². The topological polar surface area (TPSA) is 44.4 Å². The molecule has 1 aliphatic heterocycles. The molecule has 132 valence electrons. The van der Waals surface area contributed by atoms with Crippen LogP contribution < -0.4 is 15.5 Å². The average molecular weight is 337 g/mol. The van der Waals surface area contributed by atoms with Gasteiger partial charge < -0.3 is 15.5 Å². The number of amides is 1. The second kappa shape index (κ2) is 8.67. The number of carbonyl (C=O) groups is 1. The summed E-state index contributed by atoms with van der Waals surface area (Å²) in [5.74, 6) is -0.0584. The van der Waals surface area contributed by atoms with Gasteiger partial charge in [0.15, 0.2) is 0 Å². The summed E-state index contributed by atoms with van der Waals surface area (Å²) in [6.45, 7) is 6.28. The predicted octanol–water partition coefficient (Wildman–Crippen LogP) is 3.69. The number of benzene rings is 2. The number of hydrogen-bond acceptors (Lipinski definition) is 3. The summed E-state index contributed by atoms with van der Waals surface area (Å²) < 4.78 is 0. The largest absolute Gasteiger partial charge is 0.369 e. The molecular formula is C21H27N3O. The van der Waals surface area contributed by atoms with E-state index in [1.807, 2.05) is 24.3 Å². The van der Waals surface area contributed by atoms with Crippen LogP contribution in [0.15, 0.2) is 48.5 Å². The van der Waals surface area contributed by atoms with Crippen molar-refractivity contribution in [3.05, 3.63) is 59.7 Å². The van der Waals surface area contributed by atoms with Gasteiger partial charge in [0.2, 0.25) is 0 Å². The molecule has 2 aromatic rings. The zero-order chi connectivity index (χ0) is 17.5. The third-order valence-corrected chi connectivity index (χ3v) is 4.64. The molecule has 0 unspecified atom stereocenters. The lowest BCUT2D eigenvalue weighted by molar-refractivity contribution is 0.102. The quantitative estimate of drug-likeness (QED) is 0.845. The molecule has 1 heterocycles. The first-order chi connectivity index (χ1) is 12.3. The first-order valence-electron chi connectivity index (χ1n) is 9.22. The Labute approximate surface area is 150 Å². The molecule has 1 fully saturated rings. The number of rotatable bonds is 6. The highest BCUT2D eigenvalue weighted by molar-refractivity contribution is 6.04. The summed E-state index contributed by atoms with van der Waals surface area (Å²) in [6.07, 6.45) is 3.45. The van der Waals surface area contributed by atoms with Gasteiger partial charge in [-0.15, -0.1) is 0 Å². The highest BCUT2D eigenvalue weighted by atomic mass is 16.1. The van der Waals surface area contributed by atoms with Crippen molar-refractivity contribution in [2.75, 3.05) is 36.4 Å². The molecule has 2 N–H and O–H groups in total. The first-order valence-corrected chi connectivity index (χ1v) is 9.22. The number of nitrogens with zero attached hydrogens (tertiary/aromatic N) is 1. The fourth-order valence-electron chi connectivity index (χ4n) is 3.09. The third-order valence-electron chi connectivity index (χ3n) is 4.64. The Morgan fingerprint density at radius 2 is 1.72 bits per heavy atom. The van der Waals surface area contributed by atoms with Gasteiger partial charge in [-0.3, -0.25) is 4.79 Å². The van der Waals surface area contributed by atoms with Crippen molar-refractivity contribution < 1.29 is 4.79 Å². The lowest BCUT2D eigenvalue weighted by Crippen LogP contribution is -2.43. The predicted molar refractivity (Wildman–Crippen MR) is 105 cm³/mol. The van der Waals surface area contributed by atoms with Gasteiger partial charge in [-0.05, 0) is 54.8 Å². The highest BCUT2D eigenvalue weighted by Crippen LogP contribution is 2.19. The Hall–Kier alpha value is -2.33. The van der Waals surface area contributed by atoms with Gasteiger partial charge in [0.05, 0.1) is 0 Å². The number of unbranched alkanes of at least 4 members (excludes halogenated alkanes) is 1. The Bertz CT molecular complexity index is 673. The van der Waals surface area contributed by atoms with Crippen LogP contribution in [0.2, 0.25) is 0 Å². The van der Waals surface area contributed by atoms with E-state index in [4.69, 9.17) is 0 Å². The molecule has 0 atom stereocenters.